The highest BCUT2D eigenvalue weighted by Crippen LogP contribution is 2.25. The lowest BCUT2D eigenvalue weighted by Crippen LogP contribution is -2.30. The fourth-order valence-electron chi connectivity index (χ4n) is 1.76. The van der Waals surface area contributed by atoms with E-state index < -0.39 is 0 Å². The summed E-state index contributed by atoms with van der Waals surface area (Å²) in [7, 11) is 0. The molecule has 1 aromatic carbocycles. The molecule has 1 unspecified atom stereocenters. The fraction of sp³-hybridized carbons (Fsp3) is 0.154. The van der Waals surface area contributed by atoms with Crippen LogP contribution in [0.15, 0.2) is 41.0 Å². The maximum Gasteiger partial charge on any atom is 0.0672 e. The van der Waals surface area contributed by atoms with Gasteiger partial charge in [-0.1, -0.05) is 23.2 Å². The summed E-state index contributed by atoms with van der Waals surface area (Å²) in [4.78, 5) is 4.33. The van der Waals surface area contributed by atoms with Crippen molar-refractivity contribution in [1.82, 2.24) is 10.4 Å². The largest absolute Gasteiger partial charge is 0.271 e. The van der Waals surface area contributed by atoms with Crippen LogP contribution in [-0.4, -0.2) is 4.98 Å². The number of hydrazine groups is 1. The third-order valence-corrected chi connectivity index (χ3v) is 3.81. The normalized spacial score (nSPS) is 12.4. The number of nitrogens with two attached hydrogens (primary N) is 1. The Hall–Kier alpha value is -0.650. The molecule has 0 spiro atoms. The van der Waals surface area contributed by atoms with Crippen molar-refractivity contribution in [3.8, 4) is 0 Å². The van der Waals surface area contributed by atoms with Gasteiger partial charge in [0.15, 0.2) is 0 Å². The number of halogens is 3. The lowest BCUT2D eigenvalue weighted by Gasteiger charge is -2.16. The van der Waals surface area contributed by atoms with Gasteiger partial charge < -0.3 is 0 Å². The van der Waals surface area contributed by atoms with Crippen LogP contribution in [-0.2, 0) is 6.42 Å². The molecule has 2 aromatic rings. The Kier molecular flexibility index (Phi) is 5.19. The zero-order chi connectivity index (χ0) is 13.8. The molecule has 1 atom stereocenters. The SMILES string of the molecule is NNC(Cc1cc(Cl)ccc1Cl)c1ccc(Br)cn1. The van der Waals surface area contributed by atoms with Crippen LogP contribution < -0.4 is 11.3 Å². The first-order valence-electron chi connectivity index (χ1n) is 5.61. The van der Waals surface area contributed by atoms with E-state index in [-0.39, 0.29) is 6.04 Å². The molecule has 0 amide bonds. The van der Waals surface area contributed by atoms with Crippen molar-refractivity contribution in [2.75, 3.05) is 0 Å². The summed E-state index contributed by atoms with van der Waals surface area (Å²) in [6.45, 7) is 0. The summed E-state index contributed by atoms with van der Waals surface area (Å²) in [6, 6.07) is 9.09. The highest BCUT2D eigenvalue weighted by molar-refractivity contribution is 9.10. The van der Waals surface area contributed by atoms with Gasteiger partial charge in [-0.05, 0) is 58.2 Å². The first-order valence-corrected chi connectivity index (χ1v) is 7.16. The Bertz CT molecular complexity index is 560. The number of aromatic nitrogens is 1. The number of rotatable bonds is 4. The van der Waals surface area contributed by atoms with Gasteiger partial charge >= 0.3 is 0 Å². The number of hydrogen-bond donors (Lipinski definition) is 2. The van der Waals surface area contributed by atoms with Crippen LogP contribution in [0.2, 0.25) is 10.0 Å². The molecule has 0 aliphatic heterocycles. The van der Waals surface area contributed by atoms with E-state index in [0.29, 0.717) is 16.5 Å². The van der Waals surface area contributed by atoms with Crippen molar-refractivity contribution in [1.29, 1.82) is 0 Å². The lowest BCUT2D eigenvalue weighted by atomic mass is 10.0. The first kappa shape index (κ1) is 14.8. The standard InChI is InChI=1S/C13H12BrCl2N3/c14-9-1-4-12(18-7-9)13(19-17)6-8-5-10(15)2-3-11(8)16/h1-5,7,13,19H,6,17H2. The van der Waals surface area contributed by atoms with Gasteiger partial charge in [0.1, 0.15) is 0 Å². The Morgan fingerprint density at radius 1 is 1.26 bits per heavy atom. The van der Waals surface area contributed by atoms with Gasteiger partial charge in [-0.15, -0.1) is 0 Å². The van der Waals surface area contributed by atoms with Crippen molar-refractivity contribution < 1.29 is 0 Å². The van der Waals surface area contributed by atoms with Crippen molar-refractivity contribution in [3.63, 3.8) is 0 Å². The summed E-state index contributed by atoms with van der Waals surface area (Å²) in [6.07, 6.45) is 2.35. The van der Waals surface area contributed by atoms with Crippen LogP contribution in [0, 0.1) is 0 Å². The molecule has 0 radical (unpaired) electrons. The molecule has 0 fully saturated rings. The second-order valence-corrected chi connectivity index (χ2v) is 5.82. The number of benzene rings is 1. The van der Waals surface area contributed by atoms with Crippen LogP contribution in [0.5, 0.6) is 0 Å². The summed E-state index contributed by atoms with van der Waals surface area (Å²) in [5, 5.41) is 1.32. The molecule has 1 heterocycles. The van der Waals surface area contributed by atoms with Crippen LogP contribution in [0.25, 0.3) is 0 Å². The fourth-order valence-corrected chi connectivity index (χ4v) is 2.39. The highest BCUT2D eigenvalue weighted by atomic mass is 79.9. The van der Waals surface area contributed by atoms with Gasteiger partial charge in [0, 0.05) is 20.7 Å². The van der Waals surface area contributed by atoms with Crippen molar-refractivity contribution in [3.05, 3.63) is 62.3 Å². The quantitative estimate of drug-likeness (QED) is 0.642. The van der Waals surface area contributed by atoms with Gasteiger partial charge in [0.25, 0.3) is 0 Å². The summed E-state index contributed by atoms with van der Waals surface area (Å²) < 4.78 is 0.924. The minimum absolute atomic E-state index is 0.121. The monoisotopic (exact) mass is 359 g/mol. The molecule has 0 bridgehead atoms. The molecular weight excluding hydrogens is 349 g/mol. The van der Waals surface area contributed by atoms with E-state index in [0.717, 1.165) is 15.7 Å². The zero-order valence-electron chi connectivity index (χ0n) is 9.91. The molecule has 19 heavy (non-hydrogen) atoms. The third kappa shape index (κ3) is 3.91. The second kappa shape index (κ2) is 6.68. The molecule has 0 aliphatic rings. The van der Waals surface area contributed by atoms with Crippen LogP contribution >= 0.6 is 39.1 Å². The summed E-state index contributed by atoms with van der Waals surface area (Å²) in [5.74, 6) is 5.60. The van der Waals surface area contributed by atoms with Crippen molar-refractivity contribution in [2.24, 2.45) is 5.84 Å². The number of nitrogens with one attached hydrogen (secondary N) is 1. The van der Waals surface area contributed by atoms with E-state index in [9.17, 15) is 0 Å². The Labute approximate surface area is 130 Å². The van der Waals surface area contributed by atoms with Gasteiger partial charge in [-0.3, -0.25) is 16.3 Å². The Balaban J connectivity index is 2.23. The first-order chi connectivity index (χ1) is 9.10. The molecular formula is C13H12BrCl2N3. The maximum atomic E-state index is 6.15. The molecule has 0 aliphatic carbocycles. The maximum absolute atomic E-state index is 6.15. The highest BCUT2D eigenvalue weighted by Gasteiger charge is 2.14. The molecule has 3 N–H and O–H groups in total. The van der Waals surface area contributed by atoms with Gasteiger partial charge in [-0.25, -0.2) is 0 Å². The van der Waals surface area contributed by atoms with E-state index in [4.69, 9.17) is 29.0 Å². The van der Waals surface area contributed by atoms with E-state index >= 15 is 0 Å². The summed E-state index contributed by atoms with van der Waals surface area (Å²) >= 11 is 15.5. The Morgan fingerprint density at radius 2 is 2.05 bits per heavy atom. The van der Waals surface area contributed by atoms with Gasteiger partial charge in [0.2, 0.25) is 0 Å². The average molecular weight is 361 g/mol. The molecule has 6 heteroatoms. The number of nitrogens with zero attached hydrogens (tertiary/aromatic N) is 1. The molecule has 2 rings (SSSR count). The van der Waals surface area contributed by atoms with Crippen LogP contribution in [0.4, 0.5) is 0 Å². The lowest BCUT2D eigenvalue weighted by molar-refractivity contribution is 0.538. The molecule has 0 saturated carbocycles. The van der Waals surface area contributed by atoms with E-state index in [1.54, 1.807) is 18.3 Å². The smallest absolute Gasteiger partial charge is 0.0672 e. The van der Waals surface area contributed by atoms with E-state index in [1.807, 2.05) is 18.2 Å². The topological polar surface area (TPSA) is 50.9 Å². The molecule has 100 valence electrons. The number of pyridine rings is 1. The Morgan fingerprint density at radius 3 is 2.68 bits per heavy atom. The van der Waals surface area contributed by atoms with Gasteiger partial charge in [-0.2, -0.15) is 0 Å². The van der Waals surface area contributed by atoms with E-state index in [2.05, 4.69) is 26.3 Å². The molecule has 1 aromatic heterocycles. The second-order valence-electron chi connectivity index (χ2n) is 4.06. The predicted octanol–water partition coefficient (Wildman–Crippen LogP) is 3.90. The van der Waals surface area contributed by atoms with Gasteiger partial charge in [0.05, 0.1) is 11.7 Å². The van der Waals surface area contributed by atoms with Crippen molar-refractivity contribution in [2.45, 2.75) is 12.5 Å². The third-order valence-electron chi connectivity index (χ3n) is 2.74. The molecule has 3 nitrogen and oxygen atoms in total. The van der Waals surface area contributed by atoms with Crippen molar-refractivity contribution >= 4 is 39.1 Å². The van der Waals surface area contributed by atoms with E-state index in [1.165, 1.54) is 0 Å². The summed E-state index contributed by atoms with van der Waals surface area (Å²) in [5.41, 5.74) is 4.53. The van der Waals surface area contributed by atoms with Crippen LogP contribution in [0.1, 0.15) is 17.3 Å². The van der Waals surface area contributed by atoms with Crippen LogP contribution in [0.3, 0.4) is 0 Å². The number of hydrogen-bond acceptors (Lipinski definition) is 3. The zero-order valence-corrected chi connectivity index (χ0v) is 13.0. The molecule has 0 saturated heterocycles. The minimum Gasteiger partial charge on any atom is -0.271 e. The minimum atomic E-state index is -0.121. The predicted molar refractivity (Wildman–Crippen MR) is 82.2 cm³/mol. The average Bonchev–Trinajstić information content (AvgIpc) is 2.41.